The van der Waals surface area contributed by atoms with E-state index in [4.69, 9.17) is 21.8 Å². The van der Waals surface area contributed by atoms with Crippen molar-refractivity contribution in [2.75, 3.05) is 0 Å². The fraction of sp³-hybridized carbons (Fsp3) is 0.364. The second kappa shape index (κ2) is 5.16. The molecule has 7 heteroatoms. The Bertz CT molecular complexity index is 471. The van der Waals surface area contributed by atoms with Crippen LogP contribution < -0.4 is 0 Å². The Morgan fingerprint density at radius 3 is 2.44 bits per heavy atom. The Kier molecular flexibility index (Phi) is 4.24. The molecule has 100 valence electrons. The van der Waals surface area contributed by atoms with Crippen LogP contribution in [0.15, 0.2) is 12.1 Å². The van der Waals surface area contributed by atoms with E-state index in [-0.39, 0.29) is 16.1 Å². The van der Waals surface area contributed by atoms with Gasteiger partial charge in [0.25, 0.3) is 0 Å². The number of aliphatic hydroxyl groups excluding tert-OH is 1. The van der Waals surface area contributed by atoms with Gasteiger partial charge in [-0.3, -0.25) is 0 Å². The van der Waals surface area contributed by atoms with Crippen LogP contribution in [-0.4, -0.2) is 22.3 Å². The van der Waals surface area contributed by atoms with Crippen LogP contribution in [0, 0.1) is 6.92 Å². The number of carbonyl (C=O) groups is 1. The first-order valence-electron chi connectivity index (χ1n) is 4.90. The predicted octanol–water partition coefficient (Wildman–Crippen LogP) is 2.66. The van der Waals surface area contributed by atoms with Gasteiger partial charge in [-0.15, -0.1) is 0 Å². The van der Waals surface area contributed by atoms with Gasteiger partial charge in [0, 0.05) is 11.4 Å². The highest BCUT2D eigenvalue weighted by Gasteiger charge is 2.33. The van der Waals surface area contributed by atoms with E-state index in [1.807, 2.05) is 0 Å². The largest absolute Gasteiger partial charge is 0.479 e. The van der Waals surface area contributed by atoms with Gasteiger partial charge < -0.3 is 10.2 Å². The summed E-state index contributed by atoms with van der Waals surface area (Å²) in [6.07, 6.45) is -6.76. The molecule has 3 nitrogen and oxygen atoms in total. The molecule has 0 spiro atoms. The highest BCUT2D eigenvalue weighted by molar-refractivity contribution is 6.31. The zero-order chi connectivity index (χ0) is 14.1. The molecule has 1 aromatic rings. The molecule has 0 aromatic heterocycles. The van der Waals surface area contributed by atoms with Crippen molar-refractivity contribution in [1.82, 2.24) is 0 Å². The van der Waals surface area contributed by atoms with Crippen molar-refractivity contribution < 1.29 is 28.2 Å². The van der Waals surface area contributed by atoms with Crippen molar-refractivity contribution in [2.45, 2.75) is 25.6 Å². The van der Waals surface area contributed by atoms with Gasteiger partial charge in [0.05, 0.1) is 5.56 Å². The number of carboxylic acids is 1. The number of halogens is 4. The smallest absolute Gasteiger partial charge is 0.416 e. The molecule has 0 aliphatic rings. The molecule has 0 radical (unpaired) electrons. The monoisotopic (exact) mass is 282 g/mol. The molecule has 0 heterocycles. The van der Waals surface area contributed by atoms with E-state index in [2.05, 4.69) is 0 Å². The molecule has 0 fully saturated rings. The molecule has 2 N–H and O–H groups in total. The van der Waals surface area contributed by atoms with Gasteiger partial charge in [-0.2, -0.15) is 13.2 Å². The molecule has 0 saturated carbocycles. The van der Waals surface area contributed by atoms with Gasteiger partial charge in [0.1, 0.15) is 0 Å². The minimum absolute atomic E-state index is 0.0211. The Labute approximate surface area is 106 Å². The molecule has 0 saturated heterocycles. The van der Waals surface area contributed by atoms with E-state index in [1.165, 1.54) is 13.0 Å². The minimum atomic E-state index is -4.57. The zero-order valence-corrected chi connectivity index (χ0v) is 10.0. The lowest BCUT2D eigenvalue weighted by Gasteiger charge is -2.14. The second-order valence-electron chi connectivity index (χ2n) is 3.81. The third kappa shape index (κ3) is 3.36. The summed E-state index contributed by atoms with van der Waals surface area (Å²) in [6, 6.07) is 2.02. The summed E-state index contributed by atoms with van der Waals surface area (Å²) in [5.41, 5.74) is -1.03. The highest BCUT2D eigenvalue weighted by Crippen LogP contribution is 2.35. The van der Waals surface area contributed by atoms with Gasteiger partial charge in [0.2, 0.25) is 0 Å². The maximum Gasteiger partial charge on any atom is 0.416 e. The zero-order valence-electron chi connectivity index (χ0n) is 9.25. The maximum atomic E-state index is 12.7. The average Bonchev–Trinajstić information content (AvgIpc) is 2.21. The minimum Gasteiger partial charge on any atom is -0.479 e. The first-order valence-corrected chi connectivity index (χ1v) is 5.28. The number of hydrogen-bond acceptors (Lipinski definition) is 2. The van der Waals surface area contributed by atoms with Crippen molar-refractivity contribution in [1.29, 1.82) is 0 Å². The van der Waals surface area contributed by atoms with Crippen LogP contribution in [0.25, 0.3) is 0 Å². The summed E-state index contributed by atoms with van der Waals surface area (Å²) < 4.78 is 38.0. The lowest BCUT2D eigenvalue weighted by atomic mass is 10.0. The number of hydrogen-bond donors (Lipinski definition) is 2. The van der Waals surface area contributed by atoms with Crippen molar-refractivity contribution in [3.8, 4) is 0 Å². The summed E-state index contributed by atoms with van der Waals surface area (Å²) >= 11 is 5.66. The van der Waals surface area contributed by atoms with E-state index >= 15 is 0 Å². The molecule has 1 atom stereocenters. The van der Waals surface area contributed by atoms with E-state index < -0.39 is 30.2 Å². The Hall–Kier alpha value is -1.27. The number of aliphatic hydroxyl groups is 1. The molecule has 0 aliphatic heterocycles. The quantitative estimate of drug-likeness (QED) is 0.896. The molecule has 0 amide bonds. The van der Waals surface area contributed by atoms with Gasteiger partial charge in [-0.25, -0.2) is 4.79 Å². The third-order valence-corrected chi connectivity index (χ3v) is 2.82. The lowest BCUT2D eigenvalue weighted by molar-refractivity contribution is -0.146. The van der Waals surface area contributed by atoms with E-state index in [0.29, 0.717) is 0 Å². The van der Waals surface area contributed by atoms with Gasteiger partial charge in [-0.05, 0) is 30.2 Å². The van der Waals surface area contributed by atoms with Crippen LogP contribution in [0.2, 0.25) is 5.02 Å². The predicted molar refractivity (Wildman–Crippen MR) is 58.5 cm³/mol. The summed E-state index contributed by atoms with van der Waals surface area (Å²) in [6.45, 7) is 1.22. The van der Waals surface area contributed by atoms with Crippen LogP contribution in [-0.2, 0) is 17.4 Å². The lowest BCUT2D eigenvalue weighted by Crippen LogP contribution is -2.22. The molecule has 1 aromatic carbocycles. The molecular weight excluding hydrogens is 273 g/mol. The normalized spacial score (nSPS) is 13.4. The Morgan fingerprint density at radius 2 is 2.00 bits per heavy atom. The molecule has 1 rings (SSSR count). The maximum absolute atomic E-state index is 12.7. The van der Waals surface area contributed by atoms with Gasteiger partial charge in [0.15, 0.2) is 6.10 Å². The number of alkyl halides is 3. The molecule has 0 bridgehead atoms. The number of carboxylic acid groups (broad SMARTS) is 1. The van der Waals surface area contributed by atoms with E-state index in [9.17, 15) is 18.0 Å². The molecule has 0 unspecified atom stereocenters. The fourth-order valence-electron chi connectivity index (χ4n) is 1.46. The highest BCUT2D eigenvalue weighted by atomic mass is 35.5. The second-order valence-corrected chi connectivity index (χ2v) is 4.21. The topological polar surface area (TPSA) is 57.5 Å². The van der Waals surface area contributed by atoms with Gasteiger partial charge in [-0.1, -0.05) is 11.6 Å². The summed E-state index contributed by atoms with van der Waals surface area (Å²) in [5, 5.41) is 17.5. The standard InChI is InChI=1S/C11H10ClF3O3/c1-5-7(11(13,14)15)2-6(3-8(5)12)4-9(16)10(17)18/h2-3,9,16H,4H2,1H3,(H,17,18)/t9-/m1/s1. The molecular formula is C11H10ClF3O3. The van der Waals surface area contributed by atoms with Crippen LogP contribution in [0.1, 0.15) is 16.7 Å². The average molecular weight is 283 g/mol. The van der Waals surface area contributed by atoms with Crippen LogP contribution in [0.5, 0.6) is 0 Å². The van der Waals surface area contributed by atoms with Gasteiger partial charge >= 0.3 is 12.1 Å². The first-order chi connectivity index (χ1) is 8.12. The SMILES string of the molecule is Cc1c(Cl)cc(C[C@@H](O)C(=O)O)cc1C(F)(F)F. The first kappa shape index (κ1) is 14.8. The van der Waals surface area contributed by atoms with Crippen molar-refractivity contribution >= 4 is 17.6 Å². The number of benzene rings is 1. The van der Waals surface area contributed by atoms with Crippen molar-refractivity contribution in [2.24, 2.45) is 0 Å². The Balaban J connectivity index is 3.17. The molecule has 0 aliphatic carbocycles. The summed E-state index contributed by atoms with van der Waals surface area (Å²) in [5.74, 6) is -1.50. The Morgan fingerprint density at radius 1 is 1.44 bits per heavy atom. The van der Waals surface area contributed by atoms with Crippen molar-refractivity contribution in [3.63, 3.8) is 0 Å². The van der Waals surface area contributed by atoms with Crippen LogP contribution in [0.3, 0.4) is 0 Å². The van der Waals surface area contributed by atoms with E-state index in [1.54, 1.807) is 0 Å². The number of rotatable bonds is 3. The number of aliphatic carboxylic acids is 1. The third-order valence-electron chi connectivity index (χ3n) is 2.42. The summed E-state index contributed by atoms with van der Waals surface area (Å²) in [7, 11) is 0. The van der Waals surface area contributed by atoms with Crippen LogP contribution >= 0.6 is 11.6 Å². The van der Waals surface area contributed by atoms with E-state index in [0.717, 1.165) is 6.07 Å². The van der Waals surface area contributed by atoms with Crippen molar-refractivity contribution in [3.05, 3.63) is 33.8 Å². The molecule has 18 heavy (non-hydrogen) atoms. The van der Waals surface area contributed by atoms with Crippen LogP contribution in [0.4, 0.5) is 13.2 Å². The fourth-order valence-corrected chi connectivity index (χ4v) is 1.70. The summed E-state index contributed by atoms with van der Waals surface area (Å²) in [4.78, 5) is 10.4.